The predicted octanol–water partition coefficient (Wildman–Crippen LogP) is 1.55. The molecule has 0 fully saturated rings. The molecule has 3 aromatic rings. The third-order valence-electron chi connectivity index (χ3n) is 5.40. The van der Waals surface area contributed by atoms with Gasteiger partial charge in [-0.1, -0.05) is 12.1 Å². The van der Waals surface area contributed by atoms with Gasteiger partial charge in [-0.2, -0.15) is 0 Å². The lowest BCUT2D eigenvalue weighted by molar-refractivity contribution is -0.166. The monoisotopic (exact) mass is 377 g/mol. The summed E-state index contributed by atoms with van der Waals surface area (Å²) in [7, 11) is 0. The highest BCUT2D eigenvalue weighted by molar-refractivity contribution is 6.06. The van der Waals surface area contributed by atoms with Gasteiger partial charge in [0.05, 0.1) is 18.4 Å². The second kappa shape index (κ2) is 4.85. The smallest absolute Gasteiger partial charge is 0.344 e. The standard InChI is InChI=1S/C20H11NO7/c22-13-6-20(25)7-14(23)27-17-9-4-8-2-1-3-12(26-13)15(8)21-16(9)10-5-11(17)18(10)28-19(20)24/h1-4,25H,5-7H2. The summed E-state index contributed by atoms with van der Waals surface area (Å²) in [5.74, 6) is -2.10. The molecule has 8 heteroatoms. The molecule has 6 rings (SSSR count). The molecule has 0 spiro atoms. The largest absolute Gasteiger partial charge is 0.425 e. The second-order valence-electron chi connectivity index (χ2n) is 7.23. The van der Waals surface area contributed by atoms with Crippen LogP contribution in [0.2, 0.25) is 0 Å². The average molecular weight is 377 g/mol. The van der Waals surface area contributed by atoms with E-state index in [1.165, 1.54) is 0 Å². The van der Waals surface area contributed by atoms with Crippen molar-refractivity contribution in [2.24, 2.45) is 0 Å². The van der Waals surface area contributed by atoms with Gasteiger partial charge in [0.25, 0.3) is 0 Å². The Morgan fingerprint density at radius 3 is 2.54 bits per heavy atom. The number of ether oxygens (including phenoxy) is 3. The number of rotatable bonds is 0. The zero-order valence-electron chi connectivity index (χ0n) is 14.3. The molecular weight excluding hydrogens is 366 g/mol. The molecule has 7 bridgehead atoms. The van der Waals surface area contributed by atoms with Crippen molar-refractivity contribution in [3.8, 4) is 17.2 Å². The van der Waals surface area contributed by atoms with E-state index in [1.807, 2.05) is 0 Å². The normalized spacial score (nSPS) is 22.5. The van der Waals surface area contributed by atoms with E-state index in [0.717, 1.165) is 0 Å². The van der Waals surface area contributed by atoms with Gasteiger partial charge in [0.15, 0.2) is 11.4 Å². The Kier molecular flexibility index (Phi) is 2.69. The summed E-state index contributed by atoms with van der Waals surface area (Å²) >= 11 is 0. The molecule has 3 aliphatic rings. The van der Waals surface area contributed by atoms with E-state index in [4.69, 9.17) is 14.2 Å². The van der Waals surface area contributed by atoms with Crippen LogP contribution < -0.4 is 14.2 Å². The van der Waals surface area contributed by atoms with Crippen LogP contribution in [0.3, 0.4) is 0 Å². The number of esters is 3. The summed E-state index contributed by atoms with van der Waals surface area (Å²) in [5.41, 5.74) is -0.171. The summed E-state index contributed by atoms with van der Waals surface area (Å²) < 4.78 is 16.3. The van der Waals surface area contributed by atoms with E-state index in [9.17, 15) is 19.5 Å². The van der Waals surface area contributed by atoms with Crippen LogP contribution in [0.15, 0.2) is 24.3 Å². The molecular formula is C20H11NO7. The van der Waals surface area contributed by atoms with E-state index in [2.05, 4.69) is 4.98 Å². The van der Waals surface area contributed by atoms with Crippen molar-refractivity contribution < 1.29 is 33.7 Å². The number of para-hydroxylation sites is 1. The van der Waals surface area contributed by atoms with Gasteiger partial charge in [0, 0.05) is 28.3 Å². The Balaban J connectivity index is 1.79. The molecule has 8 nitrogen and oxygen atoms in total. The second-order valence-corrected chi connectivity index (χ2v) is 7.23. The molecule has 2 aromatic carbocycles. The van der Waals surface area contributed by atoms with Crippen LogP contribution >= 0.6 is 0 Å². The maximum absolute atomic E-state index is 12.7. The molecule has 2 aliphatic heterocycles. The zero-order chi connectivity index (χ0) is 19.2. The van der Waals surface area contributed by atoms with Crippen molar-refractivity contribution in [2.75, 3.05) is 0 Å². The third kappa shape index (κ3) is 1.87. The van der Waals surface area contributed by atoms with Crippen LogP contribution in [-0.4, -0.2) is 33.6 Å². The minimum atomic E-state index is -2.39. The van der Waals surface area contributed by atoms with Crippen molar-refractivity contribution >= 4 is 39.7 Å². The quantitative estimate of drug-likeness (QED) is 0.279. The Morgan fingerprint density at radius 1 is 0.929 bits per heavy atom. The first kappa shape index (κ1) is 15.5. The van der Waals surface area contributed by atoms with Crippen molar-refractivity contribution in [1.29, 1.82) is 0 Å². The van der Waals surface area contributed by atoms with Gasteiger partial charge in [-0.15, -0.1) is 0 Å². The molecule has 1 atom stereocenters. The van der Waals surface area contributed by atoms with Crippen molar-refractivity contribution in [3.05, 3.63) is 35.4 Å². The summed E-state index contributed by atoms with van der Waals surface area (Å²) in [6, 6.07) is 6.90. The Bertz CT molecular complexity index is 1300. The number of aliphatic hydroxyl groups is 1. The minimum Gasteiger partial charge on any atom is -0.425 e. The fourth-order valence-corrected chi connectivity index (χ4v) is 4.03. The number of fused-ring (bicyclic) bond motifs is 3. The van der Waals surface area contributed by atoms with Gasteiger partial charge in [0.1, 0.15) is 17.0 Å². The lowest BCUT2D eigenvalue weighted by atomic mass is 9.85. The van der Waals surface area contributed by atoms with Crippen LogP contribution in [0, 0.1) is 0 Å². The topological polar surface area (TPSA) is 112 Å². The molecule has 0 amide bonds. The maximum atomic E-state index is 12.7. The summed E-state index contributed by atoms with van der Waals surface area (Å²) in [6.07, 6.45) is -1.06. The highest BCUT2D eigenvalue weighted by atomic mass is 16.6. The fourth-order valence-electron chi connectivity index (χ4n) is 4.03. The van der Waals surface area contributed by atoms with Crippen LogP contribution in [0.4, 0.5) is 0 Å². The first-order valence-electron chi connectivity index (χ1n) is 8.70. The van der Waals surface area contributed by atoms with E-state index >= 15 is 0 Å². The highest BCUT2D eigenvalue weighted by Crippen LogP contribution is 2.52. The minimum absolute atomic E-state index is 0.214. The molecule has 1 unspecified atom stereocenters. The fraction of sp³-hybridized carbons (Fsp3) is 0.200. The molecule has 0 radical (unpaired) electrons. The number of benzene rings is 2. The highest BCUT2D eigenvalue weighted by Gasteiger charge is 2.47. The molecule has 0 saturated heterocycles. The van der Waals surface area contributed by atoms with Gasteiger partial charge in [-0.05, 0) is 12.1 Å². The number of nitrogens with zero attached hydrogens (tertiary/aromatic N) is 1. The summed E-state index contributed by atoms with van der Waals surface area (Å²) in [6.45, 7) is 0. The van der Waals surface area contributed by atoms with E-state index in [0.29, 0.717) is 39.4 Å². The van der Waals surface area contributed by atoms with E-state index in [1.54, 1.807) is 24.3 Å². The lowest BCUT2D eigenvalue weighted by Gasteiger charge is -2.28. The first-order chi connectivity index (χ1) is 13.4. The van der Waals surface area contributed by atoms with Gasteiger partial charge < -0.3 is 19.3 Å². The van der Waals surface area contributed by atoms with Crippen LogP contribution in [0.5, 0.6) is 17.2 Å². The molecule has 1 aromatic heterocycles. The molecule has 1 aliphatic carbocycles. The number of aromatic nitrogens is 1. The number of carbonyl (C=O) groups excluding carboxylic acids is 3. The van der Waals surface area contributed by atoms with Gasteiger partial charge in [-0.25, -0.2) is 9.78 Å². The Labute approximate surface area is 156 Å². The number of pyridine rings is 1. The van der Waals surface area contributed by atoms with Crippen LogP contribution in [-0.2, 0) is 20.8 Å². The zero-order valence-corrected chi connectivity index (χ0v) is 14.3. The maximum Gasteiger partial charge on any atom is 0.344 e. The van der Waals surface area contributed by atoms with Crippen molar-refractivity contribution in [1.82, 2.24) is 4.98 Å². The van der Waals surface area contributed by atoms with E-state index in [-0.39, 0.29) is 17.2 Å². The molecule has 28 heavy (non-hydrogen) atoms. The number of hydrogen-bond donors (Lipinski definition) is 1. The summed E-state index contributed by atoms with van der Waals surface area (Å²) in [4.78, 5) is 42.3. The van der Waals surface area contributed by atoms with Crippen LogP contribution in [0.25, 0.3) is 21.8 Å². The van der Waals surface area contributed by atoms with Gasteiger partial charge >= 0.3 is 17.9 Å². The third-order valence-corrected chi connectivity index (χ3v) is 5.40. The van der Waals surface area contributed by atoms with Crippen LogP contribution in [0.1, 0.15) is 24.0 Å². The molecule has 0 saturated carbocycles. The predicted molar refractivity (Wildman–Crippen MR) is 93.1 cm³/mol. The first-order valence-corrected chi connectivity index (χ1v) is 8.70. The summed E-state index contributed by atoms with van der Waals surface area (Å²) in [5, 5.41) is 12.1. The van der Waals surface area contributed by atoms with Gasteiger partial charge in [-0.3, -0.25) is 9.59 Å². The lowest BCUT2D eigenvalue weighted by Crippen LogP contribution is -2.46. The van der Waals surface area contributed by atoms with Crippen molar-refractivity contribution in [3.63, 3.8) is 0 Å². The Morgan fingerprint density at radius 2 is 1.71 bits per heavy atom. The van der Waals surface area contributed by atoms with E-state index < -0.39 is 36.4 Å². The SMILES string of the molecule is O=C1CC2(O)CC(=O)Oc3cccc4cc5c(c6c(c(c5nc34)C6)OC2=O)O1. The number of carbonyl (C=O) groups is 3. The Hall–Kier alpha value is -3.52. The number of hydrogen-bond acceptors (Lipinski definition) is 8. The van der Waals surface area contributed by atoms with Gasteiger partial charge in [0.2, 0.25) is 0 Å². The molecule has 1 N–H and O–H groups in total. The average Bonchev–Trinajstić information content (AvgIpc) is 2.64. The van der Waals surface area contributed by atoms with Crippen molar-refractivity contribution in [2.45, 2.75) is 24.9 Å². The molecule has 138 valence electrons. The molecule has 3 heterocycles.